The van der Waals surface area contributed by atoms with Gasteiger partial charge in [-0.2, -0.15) is 0 Å². The Morgan fingerprint density at radius 2 is 2.22 bits per heavy atom. The summed E-state index contributed by atoms with van der Waals surface area (Å²) in [6.07, 6.45) is 1.67. The summed E-state index contributed by atoms with van der Waals surface area (Å²) in [5, 5.41) is 3.93. The van der Waals surface area contributed by atoms with E-state index >= 15 is 0 Å². The van der Waals surface area contributed by atoms with Crippen LogP contribution in [-0.2, 0) is 4.74 Å². The molecule has 0 aliphatic heterocycles. The number of rotatable bonds is 3. The van der Waals surface area contributed by atoms with Crippen LogP contribution in [0.5, 0.6) is 0 Å². The molecule has 5 nitrogen and oxygen atoms in total. The third kappa shape index (κ3) is 2.25. The second-order valence-electron chi connectivity index (χ2n) is 3.87. The van der Waals surface area contributed by atoms with Crippen molar-refractivity contribution in [3.63, 3.8) is 0 Å². The number of aromatic nitrogens is 2. The molecule has 0 saturated heterocycles. The molecule has 0 radical (unpaired) electrons. The Morgan fingerprint density at radius 3 is 2.89 bits per heavy atom. The van der Waals surface area contributed by atoms with Gasteiger partial charge in [-0.05, 0) is 32.9 Å². The Balaban J connectivity index is 2.49. The maximum Gasteiger partial charge on any atom is 0.344 e. The smallest absolute Gasteiger partial charge is 0.344 e. The molecular formula is C13H14N2O3. The van der Waals surface area contributed by atoms with Crippen LogP contribution in [0.4, 0.5) is 0 Å². The highest BCUT2D eigenvalue weighted by Crippen LogP contribution is 2.25. The Hall–Kier alpha value is -2.17. The summed E-state index contributed by atoms with van der Waals surface area (Å²) < 4.78 is 10.1. The van der Waals surface area contributed by atoms with E-state index in [1.165, 1.54) is 0 Å². The first-order chi connectivity index (χ1) is 8.63. The van der Waals surface area contributed by atoms with Gasteiger partial charge in [-0.15, -0.1) is 0 Å². The predicted molar refractivity (Wildman–Crippen MR) is 65.2 cm³/mol. The number of pyridine rings is 1. The third-order valence-electron chi connectivity index (χ3n) is 2.51. The maximum atomic E-state index is 11.9. The molecule has 0 aromatic carbocycles. The van der Waals surface area contributed by atoms with Gasteiger partial charge in [0.1, 0.15) is 17.0 Å². The van der Waals surface area contributed by atoms with E-state index < -0.39 is 5.97 Å². The van der Waals surface area contributed by atoms with E-state index in [-0.39, 0.29) is 0 Å². The zero-order valence-corrected chi connectivity index (χ0v) is 10.6. The molecule has 0 N–H and O–H groups in total. The van der Waals surface area contributed by atoms with Crippen LogP contribution >= 0.6 is 0 Å². The number of hydrogen-bond acceptors (Lipinski definition) is 5. The summed E-state index contributed by atoms with van der Waals surface area (Å²) in [6, 6.07) is 3.63. The highest BCUT2D eigenvalue weighted by molar-refractivity contribution is 5.97. The molecule has 0 fully saturated rings. The van der Waals surface area contributed by atoms with E-state index in [1.807, 2.05) is 13.0 Å². The van der Waals surface area contributed by atoms with Gasteiger partial charge in [-0.25, -0.2) is 4.79 Å². The van der Waals surface area contributed by atoms with Gasteiger partial charge in [0, 0.05) is 17.5 Å². The van der Waals surface area contributed by atoms with Crippen molar-refractivity contribution in [2.45, 2.75) is 20.8 Å². The molecule has 2 aromatic heterocycles. The molecule has 0 aliphatic carbocycles. The Labute approximate surface area is 105 Å². The summed E-state index contributed by atoms with van der Waals surface area (Å²) >= 11 is 0. The Morgan fingerprint density at radius 1 is 1.44 bits per heavy atom. The van der Waals surface area contributed by atoms with Crippen LogP contribution in [0.3, 0.4) is 0 Å². The van der Waals surface area contributed by atoms with Crippen LogP contribution in [0, 0.1) is 13.8 Å². The van der Waals surface area contributed by atoms with Crippen molar-refractivity contribution in [1.82, 2.24) is 10.1 Å². The van der Waals surface area contributed by atoms with Crippen molar-refractivity contribution in [1.29, 1.82) is 0 Å². The molecule has 2 heterocycles. The lowest BCUT2D eigenvalue weighted by atomic mass is 10.1. The number of carbonyl (C=O) groups excluding carboxylic acids is 1. The van der Waals surface area contributed by atoms with E-state index in [1.54, 1.807) is 26.1 Å². The second kappa shape index (κ2) is 5.00. The second-order valence-corrected chi connectivity index (χ2v) is 3.87. The van der Waals surface area contributed by atoms with Crippen molar-refractivity contribution in [2.75, 3.05) is 6.61 Å². The Kier molecular flexibility index (Phi) is 3.41. The average Bonchev–Trinajstić information content (AvgIpc) is 2.71. The van der Waals surface area contributed by atoms with Crippen molar-refractivity contribution in [2.24, 2.45) is 0 Å². The van der Waals surface area contributed by atoms with Crippen LogP contribution in [0.25, 0.3) is 11.3 Å². The number of aryl methyl sites for hydroxylation is 2. The van der Waals surface area contributed by atoms with Crippen molar-refractivity contribution in [3.05, 3.63) is 35.3 Å². The molecule has 0 amide bonds. The summed E-state index contributed by atoms with van der Waals surface area (Å²) in [6.45, 7) is 5.65. The van der Waals surface area contributed by atoms with Crippen LogP contribution in [-0.4, -0.2) is 22.7 Å². The van der Waals surface area contributed by atoms with Crippen LogP contribution in [0.2, 0.25) is 0 Å². The molecule has 2 aromatic rings. The minimum Gasteiger partial charge on any atom is -0.462 e. The fourth-order valence-corrected chi connectivity index (χ4v) is 1.71. The van der Waals surface area contributed by atoms with Gasteiger partial charge in [0.15, 0.2) is 0 Å². The first-order valence-electron chi connectivity index (χ1n) is 5.70. The molecular weight excluding hydrogens is 232 g/mol. The SMILES string of the molecule is CCOC(=O)c1c(-c2ccnc(C)c2)noc1C. The number of hydrogen-bond donors (Lipinski definition) is 0. The lowest BCUT2D eigenvalue weighted by Gasteiger charge is -2.03. The van der Waals surface area contributed by atoms with Crippen LogP contribution < -0.4 is 0 Å². The molecule has 2 rings (SSSR count). The van der Waals surface area contributed by atoms with E-state index in [9.17, 15) is 4.79 Å². The number of esters is 1. The largest absolute Gasteiger partial charge is 0.462 e. The molecule has 18 heavy (non-hydrogen) atoms. The van der Waals surface area contributed by atoms with E-state index in [0.29, 0.717) is 23.6 Å². The molecule has 0 unspecified atom stereocenters. The van der Waals surface area contributed by atoms with Crippen molar-refractivity contribution in [3.8, 4) is 11.3 Å². The topological polar surface area (TPSA) is 65.2 Å². The highest BCUT2D eigenvalue weighted by atomic mass is 16.5. The van der Waals surface area contributed by atoms with Crippen LogP contribution in [0.1, 0.15) is 28.7 Å². The molecule has 0 saturated carbocycles. The molecule has 0 bridgehead atoms. The maximum absolute atomic E-state index is 11.9. The highest BCUT2D eigenvalue weighted by Gasteiger charge is 2.22. The zero-order chi connectivity index (χ0) is 13.1. The first-order valence-corrected chi connectivity index (χ1v) is 5.70. The van der Waals surface area contributed by atoms with E-state index in [0.717, 1.165) is 11.3 Å². The van der Waals surface area contributed by atoms with Crippen LogP contribution in [0.15, 0.2) is 22.9 Å². The normalized spacial score (nSPS) is 10.4. The minimum absolute atomic E-state index is 0.318. The summed E-state index contributed by atoms with van der Waals surface area (Å²) in [5.41, 5.74) is 2.52. The standard InChI is InChI=1S/C13H14N2O3/c1-4-17-13(16)11-9(3)18-15-12(11)10-5-6-14-8(2)7-10/h5-7H,4H2,1-3H3. The molecule has 94 valence electrons. The fourth-order valence-electron chi connectivity index (χ4n) is 1.71. The summed E-state index contributed by atoms with van der Waals surface area (Å²) in [4.78, 5) is 16.0. The molecule has 0 spiro atoms. The zero-order valence-electron chi connectivity index (χ0n) is 10.6. The summed E-state index contributed by atoms with van der Waals surface area (Å²) in [5.74, 6) is 0.0404. The number of carbonyl (C=O) groups is 1. The van der Waals surface area contributed by atoms with Gasteiger partial charge in [0.2, 0.25) is 0 Å². The molecule has 0 aliphatic rings. The molecule has 5 heteroatoms. The lowest BCUT2D eigenvalue weighted by molar-refractivity contribution is 0.0525. The minimum atomic E-state index is -0.416. The third-order valence-corrected chi connectivity index (χ3v) is 2.51. The van der Waals surface area contributed by atoms with Gasteiger partial charge in [-0.1, -0.05) is 5.16 Å². The van der Waals surface area contributed by atoms with Gasteiger partial charge < -0.3 is 9.26 Å². The van der Waals surface area contributed by atoms with Gasteiger partial charge in [0.05, 0.1) is 6.61 Å². The van der Waals surface area contributed by atoms with E-state index in [4.69, 9.17) is 9.26 Å². The first kappa shape index (κ1) is 12.3. The molecule has 0 atom stereocenters. The van der Waals surface area contributed by atoms with E-state index in [2.05, 4.69) is 10.1 Å². The summed E-state index contributed by atoms with van der Waals surface area (Å²) in [7, 11) is 0. The predicted octanol–water partition coefficient (Wildman–Crippen LogP) is 2.53. The average molecular weight is 246 g/mol. The van der Waals surface area contributed by atoms with Gasteiger partial charge >= 0.3 is 5.97 Å². The number of ether oxygens (including phenoxy) is 1. The fraction of sp³-hybridized carbons (Fsp3) is 0.308. The van der Waals surface area contributed by atoms with Crippen molar-refractivity contribution < 1.29 is 14.1 Å². The quantitative estimate of drug-likeness (QED) is 0.778. The van der Waals surface area contributed by atoms with Crippen molar-refractivity contribution >= 4 is 5.97 Å². The lowest BCUT2D eigenvalue weighted by Crippen LogP contribution is -2.06. The monoisotopic (exact) mass is 246 g/mol. The van der Waals surface area contributed by atoms with Gasteiger partial charge in [0.25, 0.3) is 0 Å². The van der Waals surface area contributed by atoms with Gasteiger partial charge in [-0.3, -0.25) is 4.98 Å². The number of nitrogens with zero attached hydrogens (tertiary/aromatic N) is 2. The Bertz CT molecular complexity index is 575.